The number of aromatic nitrogens is 2. The fraction of sp³-hybridized carbons (Fsp3) is 0.444. The molecule has 0 aliphatic heterocycles. The lowest BCUT2D eigenvalue weighted by atomic mass is 10.2. The van der Waals surface area contributed by atoms with E-state index in [1.807, 2.05) is 32.0 Å². The third-order valence-electron chi connectivity index (χ3n) is 3.49. The minimum absolute atomic E-state index is 0.0754. The molecule has 0 aliphatic carbocycles. The molecule has 5 nitrogen and oxygen atoms in total. The highest BCUT2D eigenvalue weighted by Crippen LogP contribution is 2.36. The molecule has 0 radical (unpaired) electrons. The van der Waals surface area contributed by atoms with Gasteiger partial charge in [0.1, 0.15) is 11.3 Å². The fourth-order valence-electron chi connectivity index (χ4n) is 2.33. The number of alkyl halides is 3. The lowest BCUT2D eigenvalue weighted by Crippen LogP contribution is -2.21. The van der Waals surface area contributed by atoms with Gasteiger partial charge in [-0.25, -0.2) is 4.98 Å². The standard InChI is InChI=1S/C18H22F3N3O2/c1-4-10-26-14-9-7-8-13(11-14)24(5-2)17-22-12-15(18(19,20)21)16(23-17)25-6-3/h7-9,11-12H,4-6,10H2,1-3H3. The van der Waals surface area contributed by atoms with Crippen LogP contribution in [0.25, 0.3) is 0 Å². The van der Waals surface area contributed by atoms with Crippen LogP contribution >= 0.6 is 0 Å². The van der Waals surface area contributed by atoms with Crippen LogP contribution < -0.4 is 14.4 Å². The number of hydrogen-bond acceptors (Lipinski definition) is 5. The molecule has 8 heteroatoms. The fourth-order valence-corrected chi connectivity index (χ4v) is 2.33. The molecule has 1 heterocycles. The van der Waals surface area contributed by atoms with Gasteiger partial charge in [0.25, 0.3) is 0 Å². The Balaban J connectivity index is 2.39. The van der Waals surface area contributed by atoms with E-state index in [9.17, 15) is 13.2 Å². The quantitative estimate of drug-likeness (QED) is 0.666. The number of hydrogen-bond donors (Lipinski definition) is 0. The number of benzene rings is 1. The normalized spacial score (nSPS) is 11.3. The van der Waals surface area contributed by atoms with Crippen LogP contribution in [0.5, 0.6) is 11.6 Å². The molecule has 1 aromatic carbocycles. The van der Waals surface area contributed by atoms with Crippen LogP contribution in [0.4, 0.5) is 24.8 Å². The summed E-state index contributed by atoms with van der Waals surface area (Å²) in [6.07, 6.45) is -2.94. The van der Waals surface area contributed by atoms with E-state index >= 15 is 0 Å². The van der Waals surface area contributed by atoms with Gasteiger partial charge in [-0.3, -0.25) is 0 Å². The van der Waals surface area contributed by atoms with Crippen molar-refractivity contribution in [1.29, 1.82) is 0 Å². The number of nitrogens with zero attached hydrogens (tertiary/aromatic N) is 3. The maximum Gasteiger partial charge on any atom is 0.423 e. The van der Waals surface area contributed by atoms with Crippen LogP contribution in [0.3, 0.4) is 0 Å². The van der Waals surface area contributed by atoms with Gasteiger partial charge in [0.05, 0.1) is 13.2 Å². The van der Waals surface area contributed by atoms with Gasteiger partial charge in [-0.05, 0) is 32.4 Å². The van der Waals surface area contributed by atoms with Crippen molar-refractivity contribution in [3.63, 3.8) is 0 Å². The Morgan fingerprint density at radius 3 is 2.50 bits per heavy atom. The molecule has 0 amide bonds. The molecule has 0 fully saturated rings. The highest BCUT2D eigenvalue weighted by molar-refractivity contribution is 5.59. The summed E-state index contributed by atoms with van der Waals surface area (Å²) >= 11 is 0. The Morgan fingerprint density at radius 1 is 1.12 bits per heavy atom. The van der Waals surface area contributed by atoms with Crippen molar-refractivity contribution < 1.29 is 22.6 Å². The molecule has 26 heavy (non-hydrogen) atoms. The zero-order chi connectivity index (χ0) is 19.2. The van der Waals surface area contributed by atoms with Gasteiger partial charge in [0, 0.05) is 24.5 Å². The lowest BCUT2D eigenvalue weighted by molar-refractivity contribution is -0.139. The topological polar surface area (TPSA) is 47.5 Å². The monoisotopic (exact) mass is 369 g/mol. The first kappa shape index (κ1) is 19.8. The van der Waals surface area contributed by atoms with Gasteiger partial charge in [0.2, 0.25) is 11.8 Å². The Bertz CT molecular complexity index is 723. The second kappa shape index (κ2) is 8.73. The zero-order valence-electron chi connectivity index (χ0n) is 15.0. The summed E-state index contributed by atoms with van der Waals surface area (Å²) in [6, 6.07) is 7.27. The molecular weight excluding hydrogens is 347 g/mol. The maximum atomic E-state index is 13.1. The smallest absolute Gasteiger partial charge is 0.423 e. The molecule has 0 saturated heterocycles. The van der Waals surface area contributed by atoms with Crippen molar-refractivity contribution in [3.8, 4) is 11.6 Å². The van der Waals surface area contributed by atoms with Crippen molar-refractivity contribution in [3.05, 3.63) is 36.0 Å². The zero-order valence-corrected chi connectivity index (χ0v) is 15.0. The van der Waals surface area contributed by atoms with E-state index < -0.39 is 17.6 Å². The van der Waals surface area contributed by atoms with Crippen LogP contribution in [-0.4, -0.2) is 29.7 Å². The maximum absolute atomic E-state index is 13.1. The first-order chi connectivity index (χ1) is 12.4. The van der Waals surface area contributed by atoms with Crippen molar-refractivity contribution in [2.75, 3.05) is 24.7 Å². The Hall–Kier alpha value is -2.51. The summed E-state index contributed by atoms with van der Waals surface area (Å²) in [5.41, 5.74) is -0.262. The van der Waals surface area contributed by atoms with Crippen LogP contribution in [0.15, 0.2) is 30.5 Å². The van der Waals surface area contributed by atoms with Crippen LogP contribution in [0, 0.1) is 0 Å². The summed E-state index contributed by atoms with van der Waals surface area (Å²) in [5.74, 6) is 0.346. The molecule has 0 unspecified atom stereocenters. The van der Waals surface area contributed by atoms with E-state index in [4.69, 9.17) is 9.47 Å². The third kappa shape index (κ3) is 4.77. The minimum Gasteiger partial charge on any atom is -0.494 e. The SMILES string of the molecule is CCCOc1cccc(N(CC)c2ncc(C(F)(F)F)c(OCC)n2)c1. The second-order valence-corrected chi connectivity index (χ2v) is 5.41. The van der Waals surface area contributed by atoms with Gasteiger partial charge in [0.15, 0.2) is 0 Å². The Kier molecular flexibility index (Phi) is 6.65. The molecule has 142 valence electrons. The van der Waals surface area contributed by atoms with Crippen molar-refractivity contribution >= 4 is 11.6 Å². The largest absolute Gasteiger partial charge is 0.494 e. The van der Waals surface area contributed by atoms with Crippen molar-refractivity contribution in [1.82, 2.24) is 9.97 Å². The number of rotatable bonds is 8. The number of anilines is 2. The number of halogens is 3. The summed E-state index contributed by atoms with van der Waals surface area (Å²) < 4.78 is 50.0. The van der Waals surface area contributed by atoms with Crippen LogP contribution in [0.2, 0.25) is 0 Å². The minimum atomic E-state index is -4.58. The van der Waals surface area contributed by atoms with Gasteiger partial charge < -0.3 is 14.4 Å². The van der Waals surface area contributed by atoms with E-state index in [2.05, 4.69) is 9.97 Å². The molecule has 0 saturated carbocycles. The first-order valence-corrected chi connectivity index (χ1v) is 8.48. The molecule has 0 spiro atoms. The summed E-state index contributed by atoms with van der Waals surface area (Å²) in [7, 11) is 0. The van der Waals surface area contributed by atoms with Gasteiger partial charge in [-0.2, -0.15) is 18.2 Å². The van der Waals surface area contributed by atoms with Gasteiger partial charge in [-0.15, -0.1) is 0 Å². The third-order valence-corrected chi connectivity index (χ3v) is 3.49. The van der Waals surface area contributed by atoms with Gasteiger partial charge in [-0.1, -0.05) is 13.0 Å². The van der Waals surface area contributed by atoms with Crippen LogP contribution in [0.1, 0.15) is 32.8 Å². The van der Waals surface area contributed by atoms with Gasteiger partial charge >= 0.3 is 6.18 Å². The average Bonchev–Trinajstić information content (AvgIpc) is 2.60. The van der Waals surface area contributed by atoms with E-state index in [-0.39, 0.29) is 12.6 Å². The molecule has 0 N–H and O–H groups in total. The van der Waals surface area contributed by atoms with E-state index in [1.54, 1.807) is 17.9 Å². The van der Waals surface area contributed by atoms with Crippen molar-refractivity contribution in [2.24, 2.45) is 0 Å². The van der Waals surface area contributed by atoms with E-state index in [0.717, 1.165) is 18.3 Å². The van der Waals surface area contributed by atoms with Crippen molar-refractivity contribution in [2.45, 2.75) is 33.4 Å². The lowest BCUT2D eigenvalue weighted by Gasteiger charge is -2.23. The van der Waals surface area contributed by atoms with E-state index in [0.29, 0.717) is 18.9 Å². The van der Waals surface area contributed by atoms with E-state index in [1.165, 1.54) is 0 Å². The second-order valence-electron chi connectivity index (χ2n) is 5.41. The molecule has 1 aromatic heterocycles. The summed E-state index contributed by atoms with van der Waals surface area (Å²) in [4.78, 5) is 9.60. The van der Waals surface area contributed by atoms with Crippen LogP contribution in [-0.2, 0) is 6.18 Å². The highest BCUT2D eigenvalue weighted by Gasteiger charge is 2.36. The predicted octanol–water partition coefficient (Wildman–Crippen LogP) is 4.84. The summed E-state index contributed by atoms with van der Waals surface area (Å²) in [6.45, 7) is 6.60. The Labute approximate surface area is 150 Å². The first-order valence-electron chi connectivity index (χ1n) is 8.48. The molecule has 2 rings (SSSR count). The predicted molar refractivity (Wildman–Crippen MR) is 93.1 cm³/mol. The average molecular weight is 369 g/mol. The molecule has 0 aliphatic rings. The Morgan fingerprint density at radius 2 is 1.88 bits per heavy atom. The molecule has 0 atom stereocenters. The molecule has 2 aromatic rings. The number of ether oxygens (including phenoxy) is 2. The summed E-state index contributed by atoms with van der Waals surface area (Å²) in [5, 5.41) is 0. The highest BCUT2D eigenvalue weighted by atomic mass is 19.4. The molecule has 0 bridgehead atoms. The molecular formula is C18H22F3N3O2.